The molecule has 0 radical (unpaired) electrons. The van der Waals surface area contributed by atoms with Crippen LogP contribution >= 0.6 is 0 Å². The summed E-state index contributed by atoms with van der Waals surface area (Å²) < 4.78 is 5.20. The first-order valence-corrected chi connectivity index (χ1v) is 11.8. The Balaban J connectivity index is 1.45. The van der Waals surface area contributed by atoms with E-state index in [1.165, 1.54) is 11.1 Å². The van der Waals surface area contributed by atoms with E-state index in [-0.39, 0.29) is 23.7 Å². The standard InChI is InChI=1S/C29H32N2O3/c1-21-7-6-10-24(17-21)25-18-26(20-31(19-25)29(33)23-8-4-3-5-9-23)28(32)30-16-15-22-11-13-27(34-2)14-12-22/h3-14,17,25-26H,15-16,18-20H2,1-2H3,(H,30,32). The van der Waals surface area contributed by atoms with Gasteiger partial charge in [0, 0.05) is 31.1 Å². The van der Waals surface area contributed by atoms with Crippen molar-refractivity contribution in [3.05, 3.63) is 101 Å². The molecule has 5 nitrogen and oxygen atoms in total. The highest BCUT2D eigenvalue weighted by Gasteiger charge is 2.34. The highest BCUT2D eigenvalue weighted by molar-refractivity contribution is 5.94. The number of aryl methyl sites for hydroxylation is 1. The minimum atomic E-state index is -0.247. The maximum Gasteiger partial charge on any atom is 0.253 e. The van der Waals surface area contributed by atoms with Crippen molar-refractivity contribution >= 4 is 11.8 Å². The Morgan fingerprint density at radius 2 is 1.74 bits per heavy atom. The Morgan fingerprint density at radius 3 is 2.44 bits per heavy atom. The van der Waals surface area contributed by atoms with Gasteiger partial charge in [0.1, 0.15) is 5.75 Å². The van der Waals surface area contributed by atoms with Gasteiger partial charge in [0.25, 0.3) is 5.91 Å². The third kappa shape index (κ3) is 5.84. The average molecular weight is 457 g/mol. The molecule has 0 saturated carbocycles. The molecule has 0 aromatic heterocycles. The van der Waals surface area contributed by atoms with Crippen LogP contribution in [0, 0.1) is 12.8 Å². The summed E-state index contributed by atoms with van der Waals surface area (Å²) in [6.45, 7) is 3.68. The van der Waals surface area contributed by atoms with E-state index in [1.807, 2.05) is 65.6 Å². The van der Waals surface area contributed by atoms with Gasteiger partial charge in [-0.15, -0.1) is 0 Å². The summed E-state index contributed by atoms with van der Waals surface area (Å²) in [6, 6.07) is 25.6. The van der Waals surface area contributed by atoms with Crippen LogP contribution in [0.5, 0.6) is 5.75 Å². The van der Waals surface area contributed by atoms with Crippen LogP contribution in [-0.2, 0) is 11.2 Å². The minimum absolute atomic E-state index is 0.0109. The zero-order chi connectivity index (χ0) is 23.9. The molecule has 3 aromatic rings. The summed E-state index contributed by atoms with van der Waals surface area (Å²) in [5.41, 5.74) is 4.17. The van der Waals surface area contributed by atoms with Crippen molar-refractivity contribution in [3.63, 3.8) is 0 Å². The van der Waals surface area contributed by atoms with Crippen molar-refractivity contribution < 1.29 is 14.3 Å². The number of carbonyl (C=O) groups is 2. The number of carbonyl (C=O) groups excluding carboxylic acids is 2. The predicted octanol–water partition coefficient (Wildman–Crippen LogP) is 4.61. The highest BCUT2D eigenvalue weighted by Crippen LogP contribution is 2.32. The number of nitrogens with zero attached hydrogens (tertiary/aromatic N) is 1. The van der Waals surface area contributed by atoms with Crippen LogP contribution in [0.25, 0.3) is 0 Å². The van der Waals surface area contributed by atoms with Crippen LogP contribution < -0.4 is 10.1 Å². The molecule has 176 valence electrons. The third-order valence-corrected chi connectivity index (χ3v) is 6.51. The van der Waals surface area contributed by atoms with E-state index in [0.717, 1.165) is 24.2 Å². The molecule has 3 aromatic carbocycles. The van der Waals surface area contributed by atoms with E-state index >= 15 is 0 Å². The molecular formula is C29H32N2O3. The molecular weight excluding hydrogens is 424 g/mol. The number of hydrogen-bond donors (Lipinski definition) is 1. The predicted molar refractivity (Wildman–Crippen MR) is 134 cm³/mol. The molecule has 0 spiro atoms. The minimum Gasteiger partial charge on any atom is -0.497 e. The highest BCUT2D eigenvalue weighted by atomic mass is 16.5. The Hall–Kier alpha value is -3.60. The second kappa shape index (κ2) is 11.0. The number of hydrogen-bond acceptors (Lipinski definition) is 3. The largest absolute Gasteiger partial charge is 0.497 e. The topological polar surface area (TPSA) is 58.6 Å². The van der Waals surface area contributed by atoms with Gasteiger partial charge in [0.2, 0.25) is 5.91 Å². The lowest BCUT2D eigenvalue weighted by Gasteiger charge is -2.37. The van der Waals surface area contributed by atoms with Gasteiger partial charge in [0.15, 0.2) is 0 Å². The van der Waals surface area contributed by atoms with Crippen LogP contribution in [0.3, 0.4) is 0 Å². The normalized spacial score (nSPS) is 17.8. The van der Waals surface area contributed by atoms with Gasteiger partial charge in [-0.3, -0.25) is 9.59 Å². The number of rotatable bonds is 7. The van der Waals surface area contributed by atoms with Crippen LogP contribution in [0.4, 0.5) is 0 Å². The molecule has 0 bridgehead atoms. The average Bonchev–Trinajstić information content (AvgIpc) is 2.89. The first-order valence-electron chi connectivity index (χ1n) is 11.8. The Kier molecular flexibility index (Phi) is 7.63. The van der Waals surface area contributed by atoms with Gasteiger partial charge in [0.05, 0.1) is 13.0 Å². The first-order chi connectivity index (χ1) is 16.5. The lowest BCUT2D eigenvalue weighted by atomic mass is 9.83. The molecule has 5 heteroatoms. The summed E-state index contributed by atoms with van der Waals surface area (Å²) >= 11 is 0. The summed E-state index contributed by atoms with van der Waals surface area (Å²) in [6.07, 6.45) is 1.48. The fraction of sp³-hybridized carbons (Fsp3) is 0.310. The maximum atomic E-state index is 13.2. The molecule has 0 aliphatic carbocycles. The van der Waals surface area contributed by atoms with Crippen LogP contribution in [0.2, 0.25) is 0 Å². The van der Waals surface area contributed by atoms with Gasteiger partial charge >= 0.3 is 0 Å². The zero-order valence-electron chi connectivity index (χ0n) is 19.9. The SMILES string of the molecule is COc1ccc(CCNC(=O)C2CC(c3cccc(C)c3)CN(C(=O)c3ccccc3)C2)cc1. The number of piperidine rings is 1. The monoisotopic (exact) mass is 456 g/mol. The molecule has 1 aliphatic rings. The number of nitrogens with one attached hydrogen (secondary N) is 1. The first kappa shape index (κ1) is 23.6. The molecule has 1 N–H and O–H groups in total. The number of benzene rings is 3. The zero-order valence-corrected chi connectivity index (χ0v) is 19.9. The van der Waals surface area contributed by atoms with Gasteiger partial charge in [-0.05, 0) is 55.2 Å². The van der Waals surface area contributed by atoms with Crippen molar-refractivity contribution in [1.82, 2.24) is 10.2 Å². The summed E-state index contributed by atoms with van der Waals surface area (Å²) in [7, 11) is 1.65. The third-order valence-electron chi connectivity index (χ3n) is 6.51. The Morgan fingerprint density at radius 1 is 0.971 bits per heavy atom. The van der Waals surface area contributed by atoms with Crippen LogP contribution in [0.1, 0.15) is 39.4 Å². The van der Waals surface area contributed by atoms with Gasteiger partial charge < -0.3 is 15.0 Å². The smallest absolute Gasteiger partial charge is 0.253 e. The number of amides is 2. The summed E-state index contributed by atoms with van der Waals surface area (Å²) in [5.74, 6) is 0.688. The van der Waals surface area contributed by atoms with E-state index < -0.39 is 0 Å². The molecule has 2 unspecified atom stereocenters. The maximum absolute atomic E-state index is 13.2. The fourth-order valence-electron chi connectivity index (χ4n) is 4.65. The van der Waals surface area contributed by atoms with Crippen molar-refractivity contribution in [2.24, 2.45) is 5.92 Å². The molecule has 1 aliphatic heterocycles. The molecule has 2 atom stereocenters. The van der Waals surface area contributed by atoms with Crippen molar-refractivity contribution in [2.75, 3.05) is 26.7 Å². The van der Waals surface area contributed by atoms with Gasteiger partial charge in [-0.25, -0.2) is 0 Å². The van der Waals surface area contributed by atoms with Crippen LogP contribution in [0.15, 0.2) is 78.9 Å². The van der Waals surface area contributed by atoms with Crippen molar-refractivity contribution in [1.29, 1.82) is 0 Å². The van der Waals surface area contributed by atoms with E-state index in [2.05, 4.69) is 30.4 Å². The van der Waals surface area contributed by atoms with E-state index in [4.69, 9.17) is 4.74 Å². The summed E-state index contributed by atoms with van der Waals surface area (Å²) in [5, 5.41) is 3.10. The van der Waals surface area contributed by atoms with Gasteiger partial charge in [-0.2, -0.15) is 0 Å². The number of methoxy groups -OCH3 is 1. The fourth-order valence-corrected chi connectivity index (χ4v) is 4.65. The second-order valence-electron chi connectivity index (χ2n) is 9.01. The summed E-state index contributed by atoms with van der Waals surface area (Å²) in [4.78, 5) is 28.3. The van der Waals surface area contributed by atoms with Crippen molar-refractivity contribution in [2.45, 2.75) is 25.7 Å². The molecule has 34 heavy (non-hydrogen) atoms. The quantitative estimate of drug-likeness (QED) is 0.565. The molecule has 4 rings (SSSR count). The Labute approximate surface area is 201 Å². The molecule has 1 fully saturated rings. The number of ether oxygens (including phenoxy) is 1. The molecule has 1 saturated heterocycles. The lowest BCUT2D eigenvalue weighted by Crippen LogP contribution is -2.48. The van der Waals surface area contributed by atoms with Gasteiger partial charge in [-0.1, -0.05) is 60.2 Å². The molecule has 2 amide bonds. The second-order valence-corrected chi connectivity index (χ2v) is 9.01. The van der Waals surface area contributed by atoms with Crippen LogP contribution in [-0.4, -0.2) is 43.5 Å². The van der Waals surface area contributed by atoms with E-state index in [9.17, 15) is 9.59 Å². The number of likely N-dealkylation sites (tertiary alicyclic amines) is 1. The Bertz CT molecular complexity index is 1110. The van der Waals surface area contributed by atoms with E-state index in [1.54, 1.807) is 7.11 Å². The molecule has 1 heterocycles. The van der Waals surface area contributed by atoms with Crippen molar-refractivity contribution in [3.8, 4) is 5.75 Å². The lowest BCUT2D eigenvalue weighted by molar-refractivity contribution is -0.126. The van der Waals surface area contributed by atoms with E-state index in [0.29, 0.717) is 25.2 Å².